The van der Waals surface area contributed by atoms with Crippen molar-refractivity contribution in [2.45, 2.75) is 46.1 Å². The number of carbonyl (C=O) groups excluding carboxylic acids is 2. The third-order valence-corrected chi connectivity index (χ3v) is 2.60. The van der Waals surface area contributed by atoms with Gasteiger partial charge in [-0.25, -0.2) is 4.79 Å². The van der Waals surface area contributed by atoms with Crippen LogP contribution >= 0.6 is 0 Å². The Labute approximate surface area is 120 Å². The first-order valence-electron chi connectivity index (χ1n) is 6.80. The zero-order chi connectivity index (χ0) is 15.2. The topological polar surface area (TPSA) is 55.4 Å². The number of ether oxygens (including phenoxy) is 1. The number of hydrogen-bond acceptors (Lipinski definition) is 3. The van der Waals surface area contributed by atoms with E-state index in [2.05, 4.69) is 11.4 Å². The summed E-state index contributed by atoms with van der Waals surface area (Å²) in [5.74, 6) is -0.00244. The minimum Gasteiger partial charge on any atom is -0.444 e. The predicted octanol–water partition coefficient (Wildman–Crippen LogP) is 3.02. The van der Waals surface area contributed by atoms with E-state index < -0.39 is 11.7 Å². The van der Waals surface area contributed by atoms with Crippen LogP contribution in [-0.2, 0) is 16.0 Å². The van der Waals surface area contributed by atoms with Crippen LogP contribution in [0, 0.1) is 6.92 Å². The van der Waals surface area contributed by atoms with Crippen molar-refractivity contribution in [1.82, 2.24) is 5.32 Å². The molecule has 0 aromatic heterocycles. The van der Waals surface area contributed by atoms with Crippen LogP contribution in [0.5, 0.6) is 0 Å². The number of alkyl carbamates (subject to hydrolysis) is 1. The number of benzene rings is 1. The van der Waals surface area contributed by atoms with Crippen LogP contribution in [-0.4, -0.2) is 24.0 Å². The van der Waals surface area contributed by atoms with E-state index in [0.717, 1.165) is 5.56 Å². The fourth-order valence-electron chi connectivity index (χ4n) is 1.72. The summed E-state index contributed by atoms with van der Waals surface area (Å²) in [6, 6.07) is 8.07. The summed E-state index contributed by atoms with van der Waals surface area (Å²) in [4.78, 5) is 23.1. The first kappa shape index (κ1) is 16.2. The van der Waals surface area contributed by atoms with Gasteiger partial charge < -0.3 is 10.1 Å². The van der Waals surface area contributed by atoms with Crippen LogP contribution in [0.3, 0.4) is 0 Å². The van der Waals surface area contributed by atoms with Crippen molar-refractivity contribution >= 4 is 11.9 Å². The molecule has 1 amide bonds. The number of aryl methyl sites for hydroxylation is 2. The van der Waals surface area contributed by atoms with Gasteiger partial charge in [-0.2, -0.15) is 0 Å². The SMILES string of the molecule is Cc1cccc(CCC(=O)CNC(=O)OC(C)(C)C)c1. The number of amides is 1. The van der Waals surface area contributed by atoms with Gasteiger partial charge in [-0.1, -0.05) is 29.8 Å². The van der Waals surface area contributed by atoms with Gasteiger partial charge in [-0.3, -0.25) is 4.79 Å². The van der Waals surface area contributed by atoms with Crippen LogP contribution < -0.4 is 5.32 Å². The highest BCUT2D eigenvalue weighted by molar-refractivity contribution is 5.84. The van der Waals surface area contributed by atoms with Gasteiger partial charge in [0.1, 0.15) is 5.60 Å². The van der Waals surface area contributed by atoms with E-state index in [0.29, 0.717) is 12.8 Å². The summed E-state index contributed by atoms with van der Waals surface area (Å²) < 4.78 is 5.06. The number of hydrogen-bond donors (Lipinski definition) is 1. The normalized spacial score (nSPS) is 11.0. The minimum atomic E-state index is -0.554. The fraction of sp³-hybridized carbons (Fsp3) is 0.500. The molecule has 110 valence electrons. The molecule has 1 N–H and O–H groups in total. The molecule has 0 radical (unpaired) electrons. The molecule has 0 fully saturated rings. The first-order valence-corrected chi connectivity index (χ1v) is 6.80. The monoisotopic (exact) mass is 277 g/mol. The maximum Gasteiger partial charge on any atom is 0.408 e. The van der Waals surface area contributed by atoms with E-state index in [9.17, 15) is 9.59 Å². The second kappa shape index (κ2) is 7.08. The summed E-state index contributed by atoms with van der Waals surface area (Å²) >= 11 is 0. The predicted molar refractivity (Wildman–Crippen MR) is 78.7 cm³/mol. The lowest BCUT2D eigenvalue weighted by molar-refractivity contribution is -0.118. The van der Waals surface area contributed by atoms with E-state index in [1.54, 1.807) is 20.8 Å². The molecule has 1 aromatic rings. The lowest BCUT2D eigenvalue weighted by Crippen LogP contribution is -2.35. The van der Waals surface area contributed by atoms with E-state index >= 15 is 0 Å². The second-order valence-corrected chi connectivity index (χ2v) is 5.88. The van der Waals surface area contributed by atoms with Crippen LogP contribution in [0.15, 0.2) is 24.3 Å². The van der Waals surface area contributed by atoms with Gasteiger partial charge in [0.05, 0.1) is 6.54 Å². The molecule has 4 heteroatoms. The maximum absolute atomic E-state index is 11.7. The van der Waals surface area contributed by atoms with Crippen molar-refractivity contribution in [3.63, 3.8) is 0 Å². The molecule has 0 spiro atoms. The van der Waals surface area contributed by atoms with E-state index in [1.165, 1.54) is 5.56 Å². The summed E-state index contributed by atoms with van der Waals surface area (Å²) in [7, 11) is 0. The average Bonchev–Trinajstić information content (AvgIpc) is 2.32. The number of rotatable bonds is 5. The molecule has 1 aromatic carbocycles. The summed E-state index contributed by atoms with van der Waals surface area (Å²) in [5, 5.41) is 2.48. The fourth-order valence-corrected chi connectivity index (χ4v) is 1.72. The Morgan fingerprint density at radius 3 is 2.55 bits per heavy atom. The molecule has 0 saturated heterocycles. The molecule has 1 rings (SSSR count). The molecule has 0 bridgehead atoms. The number of nitrogens with one attached hydrogen (secondary N) is 1. The third-order valence-electron chi connectivity index (χ3n) is 2.60. The highest BCUT2D eigenvalue weighted by Gasteiger charge is 2.16. The van der Waals surface area contributed by atoms with Crippen LogP contribution in [0.25, 0.3) is 0 Å². The standard InChI is InChI=1S/C16H23NO3/c1-12-6-5-7-13(10-12)8-9-14(18)11-17-15(19)20-16(2,3)4/h5-7,10H,8-9,11H2,1-4H3,(H,17,19). The Balaban J connectivity index is 2.29. The van der Waals surface area contributed by atoms with Gasteiger partial charge in [0.15, 0.2) is 5.78 Å². The summed E-state index contributed by atoms with van der Waals surface area (Å²) in [6.45, 7) is 7.39. The Hall–Kier alpha value is -1.84. The zero-order valence-corrected chi connectivity index (χ0v) is 12.7. The largest absolute Gasteiger partial charge is 0.444 e. The molecule has 0 aliphatic rings. The van der Waals surface area contributed by atoms with Crippen molar-refractivity contribution in [3.8, 4) is 0 Å². The molecule has 0 aliphatic carbocycles. The van der Waals surface area contributed by atoms with Gasteiger partial charge >= 0.3 is 6.09 Å². The lowest BCUT2D eigenvalue weighted by Gasteiger charge is -2.19. The highest BCUT2D eigenvalue weighted by Crippen LogP contribution is 2.07. The van der Waals surface area contributed by atoms with Gasteiger partial charge in [0.25, 0.3) is 0 Å². The van der Waals surface area contributed by atoms with Crippen LogP contribution in [0.2, 0.25) is 0 Å². The highest BCUT2D eigenvalue weighted by atomic mass is 16.6. The molecule has 0 heterocycles. The van der Waals surface area contributed by atoms with Crippen molar-refractivity contribution in [3.05, 3.63) is 35.4 Å². The molecular weight excluding hydrogens is 254 g/mol. The third kappa shape index (κ3) is 6.92. The van der Waals surface area contributed by atoms with Gasteiger partial charge in [0.2, 0.25) is 0 Å². The minimum absolute atomic E-state index is 0.00244. The zero-order valence-electron chi connectivity index (χ0n) is 12.7. The van der Waals surface area contributed by atoms with Crippen LogP contribution in [0.1, 0.15) is 38.3 Å². The summed E-state index contributed by atoms with van der Waals surface area (Å²) in [5.41, 5.74) is 1.77. The Bertz CT molecular complexity index is 475. The van der Waals surface area contributed by atoms with Gasteiger partial charge in [-0.05, 0) is 39.7 Å². The summed E-state index contributed by atoms with van der Waals surface area (Å²) in [6.07, 6.45) is 0.553. The Kier molecular flexibility index (Phi) is 5.74. The van der Waals surface area contributed by atoms with Crippen molar-refractivity contribution in [1.29, 1.82) is 0 Å². The average molecular weight is 277 g/mol. The number of Topliss-reactive ketones (excluding diaryl/α,β-unsaturated/α-hetero) is 1. The molecule has 0 unspecified atom stereocenters. The molecule has 0 aliphatic heterocycles. The van der Waals surface area contributed by atoms with Crippen molar-refractivity contribution in [2.75, 3.05) is 6.54 Å². The van der Waals surface area contributed by atoms with E-state index in [4.69, 9.17) is 4.74 Å². The molecular formula is C16H23NO3. The van der Waals surface area contributed by atoms with Gasteiger partial charge in [-0.15, -0.1) is 0 Å². The smallest absolute Gasteiger partial charge is 0.408 e. The quantitative estimate of drug-likeness (QED) is 0.900. The first-order chi connectivity index (χ1) is 9.26. The van der Waals surface area contributed by atoms with Crippen molar-refractivity contribution in [2.24, 2.45) is 0 Å². The lowest BCUT2D eigenvalue weighted by atomic mass is 10.1. The maximum atomic E-state index is 11.7. The Morgan fingerprint density at radius 2 is 1.95 bits per heavy atom. The molecule has 0 saturated carbocycles. The van der Waals surface area contributed by atoms with Crippen LogP contribution in [0.4, 0.5) is 4.79 Å². The Morgan fingerprint density at radius 1 is 1.25 bits per heavy atom. The van der Waals surface area contributed by atoms with E-state index in [-0.39, 0.29) is 12.3 Å². The molecule has 0 atom stereocenters. The molecule has 4 nitrogen and oxygen atoms in total. The van der Waals surface area contributed by atoms with Gasteiger partial charge in [0, 0.05) is 6.42 Å². The number of carbonyl (C=O) groups is 2. The number of ketones is 1. The second-order valence-electron chi connectivity index (χ2n) is 5.88. The molecule has 20 heavy (non-hydrogen) atoms. The van der Waals surface area contributed by atoms with Crippen molar-refractivity contribution < 1.29 is 14.3 Å². The van der Waals surface area contributed by atoms with E-state index in [1.807, 2.05) is 25.1 Å².